The van der Waals surface area contributed by atoms with Gasteiger partial charge >= 0.3 is 0 Å². The van der Waals surface area contributed by atoms with Gasteiger partial charge in [0.1, 0.15) is 27.8 Å². The first kappa shape index (κ1) is 24.0. The predicted octanol–water partition coefficient (Wildman–Crippen LogP) is 0.910. The molecule has 0 bridgehead atoms. The molecule has 2 amide bonds. The number of hydrogen-bond acceptors (Lipinski definition) is 7. The van der Waals surface area contributed by atoms with E-state index in [1.807, 2.05) is 0 Å². The molecule has 3 aromatic heterocycles. The summed E-state index contributed by atoms with van der Waals surface area (Å²) < 4.78 is 32.0. The summed E-state index contributed by atoms with van der Waals surface area (Å²) in [5.41, 5.74) is 0.905. The minimum atomic E-state index is -4.05. The Bertz CT molecular complexity index is 1480. The number of likely N-dealkylation sites (tertiary alicyclic amines) is 1. The van der Waals surface area contributed by atoms with E-state index in [0.29, 0.717) is 40.0 Å². The third-order valence-electron chi connectivity index (χ3n) is 6.04. The molecule has 34 heavy (non-hydrogen) atoms. The molecule has 4 heterocycles. The number of ether oxygens (including phenoxy) is 1. The summed E-state index contributed by atoms with van der Waals surface area (Å²) in [6.45, 7) is 1.77. The minimum absolute atomic E-state index is 0.0231. The van der Waals surface area contributed by atoms with Crippen LogP contribution in [0.5, 0.6) is 5.75 Å². The molecule has 1 atom stereocenters. The molecule has 1 aliphatic heterocycles. The maximum Gasteiger partial charge on any atom is 0.274 e. The normalized spacial score (nSPS) is 16.4. The molecule has 182 valence electrons. The first-order valence-corrected chi connectivity index (χ1v) is 12.8. The molecule has 0 aliphatic carbocycles. The SMILES string of the molecule is CNC(=O)c1cc2c(-c3sc(S(N)(=O)=O)c(C)c3OCC3CCC(=O)N3C)cn(C)c(=O)c2[nH]1. The number of pyridine rings is 1. The highest BCUT2D eigenvalue weighted by Crippen LogP contribution is 2.46. The first-order valence-electron chi connectivity index (χ1n) is 10.4. The Morgan fingerprint density at radius 2 is 2.06 bits per heavy atom. The summed E-state index contributed by atoms with van der Waals surface area (Å²) in [6.07, 6.45) is 2.63. The number of H-pyrrole nitrogens is 1. The second-order valence-corrected chi connectivity index (χ2v) is 11.0. The topological polar surface area (TPSA) is 157 Å². The molecule has 3 aromatic rings. The number of nitrogens with one attached hydrogen (secondary N) is 2. The van der Waals surface area contributed by atoms with Gasteiger partial charge in [-0.15, -0.1) is 11.3 Å². The summed E-state index contributed by atoms with van der Waals surface area (Å²) in [5.74, 6) is -0.0680. The van der Waals surface area contributed by atoms with Crippen molar-refractivity contribution in [3.8, 4) is 16.2 Å². The van der Waals surface area contributed by atoms with Crippen LogP contribution in [0, 0.1) is 6.92 Å². The highest BCUT2D eigenvalue weighted by Gasteiger charge is 2.31. The highest BCUT2D eigenvalue weighted by atomic mass is 32.2. The average molecular weight is 508 g/mol. The smallest absolute Gasteiger partial charge is 0.274 e. The second-order valence-electron chi connectivity index (χ2n) is 8.24. The number of nitrogens with zero attached hydrogens (tertiary/aromatic N) is 2. The van der Waals surface area contributed by atoms with Crippen LogP contribution >= 0.6 is 11.3 Å². The van der Waals surface area contributed by atoms with E-state index in [1.54, 1.807) is 38.2 Å². The molecule has 4 N–H and O–H groups in total. The zero-order valence-electron chi connectivity index (χ0n) is 19.1. The first-order chi connectivity index (χ1) is 15.9. The Morgan fingerprint density at radius 3 is 2.65 bits per heavy atom. The fraction of sp³-hybridized carbons (Fsp3) is 0.381. The van der Waals surface area contributed by atoms with Crippen LogP contribution in [0.1, 0.15) is 28.9 Å². The monoisotopic (exact) mass is 507 g/mol. The van der Waals surface area contributed by atoms with Crippen molar-refractivity contribution in [2.45, 2.75) is 30.0 Å². The van der Waals surface area contributed by atoms with Gasteiger partial charge in [0.25, 0.3) is 11.5 Å². The second kappa shape index (κ2) is 8.56. The molecular weight excluding hydrogens is 482 g/mol. The van der Waals surface area contributed by atoms with Gasteiger partial charge in [-0.25, -0.2) is 13.6 Å². The van der Waals surface area contributed by atoms with Gasteiger partial charge in [0.05, 0.1) is 10.9 Å². The Hall–Kier alpha value is -3.16. The molecule has 0 radical (unpaired) electrons. The van der Waals surface area contributed by atoms with Gasteiger partial charge in [0.2, 0.25) is 15.9 Å². The standard InChI is InChI=1S/C21H25N5O6S2/c1-10-17(32-9-11-5-6-15(27)26(11)4)18(33-21(10)34(22,30)31)13-8-25(3)20(29)16-12(13)7-14(24-16)19(28)23-2/h7-8,11,24H,5-6,9H2,1-4H3,(H,23,28)(H2,22,30,31). The van der Waals surface area contributed by atoms with Crippen molar-refractivity contribution in [1.82, 2.24) is 19.8 Å². The van der Waals surface area contributed by atoms with Gasteiger partial charge < -0.3 is 24.5 Å². The third-order valence-corrected chi connectivity index (χ3v) is 8.91. The summed E-state index contributed by atoms with van der Waals surface area (Å²) in [6, 6.07) is 1.40. The van der Waals surface area contributed by atoms with Crippen molar-refractivity contribution >= 4 is 44.1 Å². The summed E-state index contributed by atoms with van der Waals surface area (Å²) in [4.78, 5) is 41.7. The van der Waals surface area contributed by atoms with E-state index in [0.717, 1.165) is 11.3 Å². The summed E-state index contributed by atoms with van der Waals surface area (Å²) in [5, 5.41) is 8.42. The Kier molecular flexibility index (Phi) is 6.04. The van der Waals surface area contributed by atoms with Crippen molar-refractivity contribution < 1.29 is 22.7 Å². The molecule has 0 spiro atoms. The van der Waals surface area contributed by atoms with E-state index in [-0.39, 0.29) is 39.5 Å². The van der Waals surface area contributed by atoms with E-state index in [2.05, 4.69) is 10.3 Å². The largest absolute Gasteiger partial charge is 0.490 e. The van der Waals surface area contributed by atoms with Gasteiger partial charge in [-0.1, -0.05) is 0 Å². The number of amides is 2. The van der Waals surface area contributed by atoms with Crippen LogP contribution in [-0.4, -0.2) is 61.4 Å². The van der Waals surface area contributed by atoms with Crippen molar-refractivity contribution in [2.75, 3.05) is 20.7 Å². The molecule has 13 heteroatoms. The average Bonchev–Trinajstić information content (AvgIpc) is 3.45. The molecule has 0 saturated carbocycles. The van der Waals surface area contributed by atoms with Crippen LogP contribution in [0.25, 0.3) is 21.3 Å². The van der Waals surface area contributed by atoms with E-state index in [1.165, 1.54) is 11.6 Å². The molecule has 1 unspecified atom stereocenters. The molecule has 1 saturated heterocycles. The predicted molar refractivity (Wildman–Crippen MR) is 128 cm³/mol. The number of hydrogen-bond donors (Lipinski definition) is 3. The number of fused-ring (bicyclic) bond motifs is 1. The molecular formula is C21H25N5O6S2. The van der Waals surface area contributed by atoms with Gasteiger partial charge in [-0.3, -0.25) is 14.4 Å². The van der Waals surface area contributed by atoms with E-state index >= 15 is 0 Å². The van der Waals surface area contributed by atoms with Crippen molar-refractivity contribution in [2.24, 2.45) is 12.2 Å². The van der Waals surface area contributed by atoms with Crippen molar-refractivity contribution in [1.29, 1.82) is 0 Å². The van der Waals surface area contributed by atoms with Crippen molar-refractivity contribution in [3.63, 3.8) is 0 Å². The van der Waals surface area contributed by atoms with E-state index < -0.39 is 15.9 Å². The lowest BCUT2D eigenvalue weighted by Crippen LogP contribution is -2.33. The maximum atomic E-state index is 12.7. The lowest BCUT2D eigenvalue weighted by molar-refractivity contribution is -0.127. The number of aryl methyl sites for hydroxylation is 1. The Balaban J connectivity index is 1.91. The van der Waals surface area contributed by atoms with Gasteiger partial charge in [-0.2, -0.15) is 0 Å². The van der Waals surface area contributed by atoms with Gasteiger partial charge in [0.15, 0.2) is 0 Å². The van der Waals surface area contributed by atoms with Crippen LogP contribution in [0.4, 0.5) is 0 Å². The number of sulfonamides is 1. The lowest BCUT2D eigenvalue weighted by atomic mass is 10.1. The summed E-state index contributed by atoms with van der Waals surface area (Å²) in [7, 11) is 0.694. The minimum Gasteiger partial charge on any atom is -0.490 e. The number of rotatable bonds is 6. The quantitative estimate of drug-likeness (QED) is 0.450. The Labute approximate surface area is 199 Å². The highest BCUT2D eigenvalue weighted by molar-refractivity contribution is 7.91. The van der Waals surface area contributed by atoms with E-state index in [4.69, 9.17) is 9.88 Å². The van der Waals surface area contributed by atoms with Crippen LogP contribution in [0.3, 0.4) is 0 Å². The molecule has 1 fully saturated rings. The fourth-order valence-corrected chi connectivity index (χ4v) is 6.35. The number of thiophene rings is 1. The van der Waals surface area contributed by atoms with Gasteiger partial charge in [-0.05, 0) is 19.4 Å². The van der Waals surface area contributed by atoms with Crippen LogP contribution in [-0.2, 0) is 21.9 Å². The third kappa shape index (κ3) is 3.99. The molecule has 4 rings (SSSR count). The molecule has 1 aliphatic rings. The van der Waals surface area contributed by atoms with E-state index in [9.17, 15) is 22.8 Å². The zero-order valence-corrected chi connectivity index (χ0v) is 20.7. The number of carbonyl (C=O) groups is 2. The Morgan fingerprint density at radius 1 is 1.35 bits per heavy atom. The van der Waals surface area contributed by atoms with Crippen molar-refractivity contribution in [3.05, 3.63) is 33.9 Å². The number of carbonyl (C=O) groups excluding carboxylic acids is 2. The number of aromatic nitrogens is 2. The molecule has 0 aromatic carbocycles. The molecule has 11 nitrogen and oxygen atoms in total. The van der Waals surface area contributed by atoms with Crippen LogP contribution < -0.4 is 20.8 Å². The fourth-order valence-electron chi connectivity index (χ4n) is 4.11. The zero-order chi connectivity index (χ0) is 24.9. The maximum absolute atomic E-state index is 12.7. The summed E-state index contributed by atoms with van der Waals surface area (Å²) >= 11 is 0.934. The number of likely N-dealkylation sites (N-methyl/N-ethyl adjacent to an activating group) is 1. The number of nitrogens with two attached hydrogens (primary N) is 1. The lowest BCUT2D eigenvalue weighted by Gasteiger charge is -2.20. The van der Waals surface area contributed by atoms with Crippen LogP contribution in [0.2, 0.25) is 0 Å². The number of primary sulfonamides is 1. The van der Waals surface area contributed by atoms with Gasteiger partial charge in [0, 0.05) is 50.3 Å². The van der Waals surface area contributed by atoms with Crippen LogP contribution in [0.15, 0.2) is 21.3 Å². The number of aromatic amines is 1.